The second kappa shape index (κ2) is 6.34. The molecule has 3 rings (SSSR count). The quantitative estimate of drug-likeness (QED) is 0.901. The van der Waals surface area contributed by atoms with Gasteiger partial charge in [0.05, 0.1) is 6.42 Å². The number of carbonyl (C=O) groups excluding carboxylic acids is 1. The zero-order valence-corrected chi connectivity index (χ0v) is 12.4. The molecule has 2 heterocycles. The molecule has 0 aromatic carbocycles. The van der Waals surface area contributed by atoms with Crippen LogP contribution in [0.1, 0.15) is 48.9 Å². The summed E-state index contributed by atoms with van der Waals surface area (Å²) in [4.78, 5) is 29.3. The van der Waals surface area contributed by atoms with Crippen LogP contribution in [-0.2, 0) is 4.79 Å². The summed E-state index contributed by atoms with van der Waals surface area (Å²) in [5, 5.41) is 8.95. The van der Waals surface area contributed by atoms with Crippen molar-refractivity contribution in [3.05, 3.63) is 23.9 Å². The SMILES string of the molecule is O=C(O)CC1CCCN1C(=O)c1ccnc(OC2CCC2)c1. The van der Waals surface area contributed by atoms with E-state index in [0.717, 1.165) is 25.7 Å². The van der Waals surface area contributed by atoms with Crippen LogP contribution in [0.25, 0.3) is 0 Å². The molecular formula is C16H20N2O4. The molecule has 1 aliphatic heterocycles. The molecule has 2 fully saturated rings. The van der Waals surface area contributed by atoms with Crippen LogP contribution < -0.4 is 4.74 Å². The Balaban J connectivity index is 1.70. The number of nitrogens with zero attached hydrogens (tertiary/aromatic N) is 2. The number of rotatable bonds is 5. The number of aliphatic carboxylic acids is 1. The number of pyridine rings is 1. The zero-order valence-electron chi connectivity index (χ0n) is 12.4. The maximum atomic E-state index is 12.6. The average molecular weight is 304 g/mol. The van der Waals surface area contributed by atoms with Crippen LogP contribution in [0.2, 0.25) is 0 Å². The third-order valence-electron chi connectivity index (χ3n) is 4.37. The third-order valence-corrected chi connectivity index (χ3v) is 4.37. The standard InChI is InChI=1S/C16H20N2O4/c19-15(20)10-12-3-2-8-18(12)16(21)11-6-7-17-14(9-11)22-13-4-1-5-13/h6-7,9,12-13H,1-5,8,10H2,(H,19,20). The minimum absolute atomic E-state index is 0.00224. The number of hydrogen-bond acceptors (Lipinski definition) is 4. The molecule has 1 saturated heterocycles. The van der Waals surface area contributed by atoms with Crippen molar-refractivity contribution >= 4 is 11.9 Å². The van der Waals surface area contributed by atoms with Crippen LogP contribution in [-0.4, -0.2) is 45.6 Å². The molecule has 2 aliphatic rings. The Morgan fingerprint density at radius 2 is 2.14 bits per heavy atom. The van der Waals surface area contributed by atoms with Gasteiger partial charge in [-0.2, -0.15) is 0 Å². The highest BCUT2D eigenvalue weighted by Gasteiger charge is 2.31. The van der Waals surface area contributed by atoms with Gasteiger partial charge >= 0.3 is 5.97 Å². The first kappa shape index (κ1) is 14.8. The Kier molecular flexibility index (Phi) is 4.27. The van der Waals surface area contributed by atoms with Gasteiger partial charge in [0.25, 0.3) is 5.91 Å². The summed E-state index contributed by atoms with van der Waals surface area (Å²) < 4.78 is 5.72. The summed E-state index contributed by atoms with van der Waals surface area (Å²) in [6.07, 6.45) is 6.62. The number of likely N-dealkylation sites (tertiary alicyclic amines) is 1. The van der Waals surface area contributed by atoms with E-state index < -0.39 is 5.97 Å². The van der Waals surface area contributed by atoms with Crippen LogP contribution in [0.4, 0.5) is 0 Å². The van der Waals surface area contributed by atoms with E-state index in [1.807, 2.05) is 0 Å². The molecule has 1 amide bonds. The molecule has 1 saturated carbocycles. The Hall–Kier alpha value is -2.11. The fourth-order valence-electron chi connectivity index (χ4n) is 2.95. The van der Waals surface area contributed by atoms with E-state index in [9.17, 15) is 9.59 Å². The van der Waals surface area contributed by atoms with Crippen LogP contribution >= 0.6 is 0 Å². The number of carboxylic acids is 1. The van der Waals surface area contributed by atoms with Crippen molar-refractivity contribution < 1.29 is 19.4 Å². The largest absolute Gasteiger partial charge is 0.481 e. The van der Waals surface area contributed by atoms with Gasteiger partial charge in [-0.1, -0.05) is 0 Å². The van der Waals surface area contributed by atoms with E-state index in [4.69, 9.17) is 9.84 Å². The summed E-state index contributed by atoms with van der Waals surface area (Å²) in [6, 6.07) is 3.11. The van der Waals surface area contributed by atoms with Crippen molar-refractivity contribution in [2.45, 2.75) is 50.7 Å². The van der Waals surface area contributed by atoms with E-state index in [0.29, 0.717) is 18.0 Å². The van der Waals surface area contributed by atoms with Gasteiger partial charge in [0.2, 0.25) is 5.88 Å². The molecule has 6 heteroatoms. The van der Waals surface area contributed by atoms with Gasteiger partial charge in [0.15, 0.2) is 0 Å². The highest BCUT2D eigenvalue weighted by Crippen LogP contribution is 2.26. The Morgan fingerprint density at radius 3 is 2.82 bits per heavy atom. The van der Waals surface area contributed by atoms with Crippen molar-refractivity contribution in [2.24, 2.45) is 0 Å². The van der Waals surface area contributed by atoms with Gasteiger partial charge in [0, 0.05) is 30.4 Å². The lowest BCUT2D eigenvalue weighted by Gasteiger charge is -2.26. The van der Waals surface area contributed by atoms with Crippen molar-refractivity contribution in [1.29, 1.82) is 0 Å². The molecule has 0 bridgehead atoms. The normalized spacial score (nSPS) is 21.5. The Labute approximate surface area is 129 Å². The molecule has 0 radical (unpaired) electrons. The van der Waals surface area contributed by atoms with Gasteiger partial charge in [-0.15, -0.1) is 0 Å². The lowest BCUT2D eigenvalue weighted by molar-refractivity contribution is -0.137. The molecule has 22 heavy (non-hydrogen) atoms. The minimum Gasteiger partial charge on any atom is -0.481 e. The fraction of sp³-hybridized carbons (Fsp3) is 0.562. The monoisotopic (exact) mass is 304 g/mol. The topological polar surface area (TPSA) is 79.7 Å². The van der Waals surface area contributed by atoms with Gasteiger partial charge in [-0.05, 0) is 38.2 Å². The molecular weight excluding hydrogens is 284 g/mol. The summed E-state index contributed by atoms with van der Waals surface area (Å²) in [7, 11) is 0. The number of ether oxygens (including phenoxy) is 1. The lowest BCUT2D eigenvalue weighted by Crippen LogP contribution is -2.36. The van der Waals surface area contributed by atoms with Crippen molar-refractivity contribution in [1.82, 2.24) is 9.88 Å². The van der Waals surface area contributed by atoms with Gasteiger partial charge in [0.1, 0.15) is 6.10 Å². The highest BCUT2D eigenvalue weighted by molar-refractivity contribution is 5.95. The van der Waals surface area contributed by atoms with Crippen LogP contribution in [0.15, 0.2) is 18.3 Å². The van der Waals surface area contributed by atoms with Gasteiger partial charge in [-0.25, -0.2) is 4.98 Å². The second-order valence-electron chi connectivity index (χ2n) is 5.95. The summed E-state index contributed by atoms with van der Waals surface area (Å²) in [5.41, 5.74) is 0.515. The first-order valence-corrected chi connectivity index (χ1v) is 7.79. The minimum atomic E-state index is -0.867. The number of aromatic nitrogens is 1. The second-order valence-corrected chi connectivity index (χ2v) is 5.95. The van der Waals surface area contributed by atoms with E-state index in [2.05, 4.69) is 4.98 Å². The van der Waals surface area contributed by atoms with Crippen LogP contribution in [0, 0.1) is 0 Å². The van der Waals surface area contributed by atoms with Crippen molar-refractivity contribution in [3.63, 3.8) is 0 Å². The average Bonchev–Trinajstić information content (AvgIpc) is 2.90. The number of carboxylic acid groups (broad SMARTS) is 1. The molecule has 118 valence electrons. The molecule has 1 N–H and O–H groups in total. The third kappa shape index (κ3) is 3.21. The fourth-order valence-corrected chi connectivity index (χ4v) is 2.95. The van der Waals surface area contributed by atoms with E-state index in [-0.39, 0.29) is 24.5 Å². The molecule has 6 nitrogen and oxygen atoms in total. The van der Waals surface area contributed by atoms with Gasteiger partial charge < -0.3 is 14.7 Å². The number of amides is 1. The molecule has 1 aliphatic carbocycles. The maximum Gasteiger partial charge on any atom is 0.305 e. The van der Waals surface area contributed by atoms with E-state index in [1.165, 1.54) is 6.42 Å². The number of hydrogen-bond donors (Lipinski definition) is 1. The first-order valence-electron chi connectivity index (χ1n) is 7.79. The Bertz CT molecular complexity index is 571. The Morgan fingerprint density at radius 1 is 1.32 bits per heavy atom. The summed E-state index contributed by atoms with van der Waals surface area (Å²) in [6.45, 7) is 0.609. The zero-order chi connectivity index (χ0) is 15.5. The van der Waals surface area contributed by atoms with E-state index in [1.54, 1.807) is 23.2 Å². The van der Waals surface area contributed by atoms with Gasteiger partial charge in [-0.3, -0.25) is 9.59 Å². The highest BCUT2D eigenvalue weighted by atomic mass is 16.5. The summed E-state index contributed by atoms with van der Waals surface area (Å²) in [5.74, 6) is -0.525. The smallest absolute Gasteiger partial charge is 0.305 e. The number of carbonyl (C=O) groups is 2. The van der Waals surface area contributed by atoms with E-state index >= 15 is 0 Å². The van der Waals surface area contributed by atoms with Crippen LogP contribution in [0.3, 0.4) is 0 Å². The molecule has 1 unspecified atom stereocenters. The van der Waals surface area contributed by atoms with Crippen LogP contribution in [0.5, 0.6) is 5.88 Å². The predicted octanol–water partition coefficient (Wildman–Crippen LogP) is 2.09. The molecule has 0 spiro atoms. The lowest BCUT2D eigenvalue weighted by atomic mass is 9.96. The summed E-state index contributed by atoms with van der Waals surface area (Å²) >= 11 is 0. The van der Waals surface area contributed by atoms with Crippen molar-refractivity contribution in [3.8, 4) is 5.88 Å². The maximum absolute atomic E-state index is 12.6. The molecule has 1 atom stereocenters. The molecule has 1 aromatic heterocycles. The predicted molar refractivity (Wildman–Crippen MR) is 78.8 cm³/mol. The molecule has 1 aromatic rings. The van der Waals surface area contributed by atoms with Crippen molar-refractivity contribution in [2.75, 3.05) is 6.54 Å². The first-order chi connectivity index (χ1) is 10.6.